The van der Waals surface area contributed by atoms with E-state index in [4.69, 9.17) is 4.74 Å². The predicted octanol–water partition coefficient (Wildman–Crippen LogP) is 2.54. The maximum atomic E-state index is 5.89. The maximum Gasteiger partial charge on any atom is 0.0944 e. The average Bonchev–Trinajstić information content (AvgIpc) is 2.75. The SMILES string of the molecule is CCNC(Cc1nc(C)cs1)C1CCCCO1. The van der Waals surface area contributed by atoms with Crippen molar-refractivity contribution in [3.05, 3.63) is 16.1 Å². The van der Waals surface area contributed by atoms with Gasteiger partial charge in [-0.2, -0.15) is 0 Å². The van der Waals surface area contributed by atoms with Gasteiger partial charge in [-0.05, 0) is 32.7 Å². The summed E-state index contributed by atoms with van der Waals surface area (Å²) in [5.74, 6) is 0. The number of ether oxygens (including phenoxy) is 1. The molecule has 2 rings (SSSR count). The number of rotatable bonds is 5. The highest BCUT2D eigenvalue weighted by Crippen LogP contribution is 2.20. The van der Waals surface area contributed by atoms with Crippen molar-refractivity contribution >= 4 is 11.3 Å². The molecule has 96 valence electrons. The molecule has 0 saturated carbocycles. The molecule has 0 amide bonds. The molecule has 0 aliphatic carbocycles. The zero-order valence-electron chi connectivity index (χ0n) is 10.7. The third kappa shape index (κ3) is 3.76. The summed E-state index contributed by atoms with van der Waals surface area (Å²) in [6.07, 6.45) is 5.06. The number of nitrogens with zero attached hydrogens (tertiary/aromatic N) is 1. The summed E-state index contributed by atoms with van der Waals surface area (Å²) in [5, 5.41) is 6.90. The third-order valence-corrected chi connectivity index (χ3v) is 4.18. The lowest BCUT2D eigenvalue weighted by Crippen LogP contribution is -2.44. The number of likely N-dealkylation sites (N-methyl/N-ethyl adjacent to an activating group) is 1. The Kier molecular flexibility index (Phi) is 4.95. The first-order valence-electron chi connectivity index (χ1n) is 6.55. The lowest BCUT2D eigenvalue weighted by Gasteiger charge is -2.30. The van der Waals surface area contributed by atoms with Crippen LogP contribution in [-0.2, 0) is 11.2 Å². The molecule has 2 unspecified atom stereocenters. The molecule has 3 nitrogen and oxygen atoms in total. The number of hydrogen-bond acceptors (Lipinski definition) is 4. The fraction of sp³-hybridized carbons (Fsp3) is 0.769. The van der Waals surface area contributed by atoms with Gasteiger partial charge in [0.05, 0.1) is 11.1 Å². The van der Waals surface area contributed by atoms with Crippen LogP contribution < -0.4 is 5.32 Å². The molecule has 1 aliphatic heterocycles. The van der Waals surface area contributed by atoms with Crippen molar-refractivity contribution in [3.8, 4) is 0 Å². The molecule has 0 spiro atoms. The molecule has 1 aromatic rings. The normalized spacial score (nSPS) is 22.6. The first kappa shape index (κ1) is 13.0. The van der Waals surface area contributed by atoms with E-state index in [9.17, 15) is 0 Å². The van der Waals surface area contributed by atoms with Gasteiger partial charge in [-0.25, -0.2) is 4.98 Å². The summed E-state index contributed by atoms with van der Waals surface area (Å²) in [7, 11) is 0. The van der Waals surface area contributed by atoms with Gasteiger partial charge in [0.15, 0.2) is 0 Å². The summed E-state index contributed by atoms with van der Waals surface area (Å²) in [6, 6.07) is 0.422. The van der Waals surface area contributed by atoms with Crippen LogP contribution in [0.2, 0.25) is 0 Å². The molecule has 2 atom stereocenters. The molecule has 2 heterocycles. The van der Waals surface area contributed by atoms with E-state index in [1.165, 1.54) is 24.3 Å². The van der Waals surface area contributed by atoms with E-state index >= 15 is 0 Å². The number of aryl methyl sites for hydroxylation is 1. The van der Waals surface area contributed by atoms with Gasteiger partial charge in [0, 0.05) is 30.1 Å². The van der Waals surface area contributed by atoms with E-state index in [1.54, 1.807) is 11.3 Å². The van der Waals surface area contributed by atoms with Crippen molar-refractivity contribution in [1.82, 2.24) is 10.3 Å². The monoisotopic (exact) mass is 254 g/mol. The van der Waals surface area contributed by atoms with Crippen LogP contribution in [0.1, 0.15) is 36.9 Å². The van der Waals surface area contributed by atoms with Crippen LogP contribution >= 0.6 is 11.3 Å². The molecule has 0 bridgehead atoms. The minimum Gasteiger partial charge on any atom is -0.377 e. The third-order valence-electron chi connectivity index (χ3n) is 3.19. The van der Waals surface area contributed by atoms with Gasteiger partial charge in [-0.1, -0.05) is 6.92 Å². The van der Waals surface area contributed by atoms with E-state index < -0.39 is 0 Å². The first-order valence-corrected chi connectivity index (χ1v) is 7.43. The Morgan fingerprint density at radius 2 is 2.47 bits per heavy atom. The minimum absolute atomic E-state index is 0.368. The van der Waals surface area contributed by atoms with Crippen molar-refractivity contribution in [2.45, 2.75) is 51.7 Å². The van der Waals surface area contributed by atoms with Gasteiger partial charge in [-0.3, -0.25) is 0 Å². The molecular formula is C13H22N2OS. The fourth-order valence-corrected chi connectivity index (χ4v) is 3.20. The van der Waals surface area contributed by atoms with Crippen molar-refractivity contribution in [1.29, 1.82) is 0 Å². The largest absolute Gasteiger partial charge is 0.377 e. The molecule has 17 heavy (non-hydrogen) atoms. The van der Waals surface area contributed by atoms with Crippen LogP contribution in [-0.4, -0.2) is 30.3 Å². The second kappa shape index (κ2) is 6.47. The molecular weight excluding hydrogens is 232 g/mol. The van der Waals surface area contributed by atoms with Crippen molar-refractivity contribution < 1.29 is 4.74 Å². The number of thiazole rings is 1. The highest BCUT2D eigenvalue weighted by molar-refractivity contribution is 7.09. The Morgan fingerprint density at radius 1 is 1.59 bits per heavy atom. The Labute approximate surface area is 108 Å². The molecule has 1 N–H and O–H groups in total. The van der Waals surface area contributed by atoms with Gasteiger partial charge in [0.25, 0.3) is 0 Å². The number of nitrogens with one attached hydrogen (secondary N) is 1. The summed E-state index contributed by atoms with van der Waals surface area (Å²) >= 11 is 1.76. The summed E-state index contributed by atoms with van der Waals surface area (Å²) in [4.78, 5) is 4.55. The van der Waals surface area contributed by atoms with Crippen LogP contribution in [0.5, 0.6) is 0 Å². The van der Waals surface area contributed by atoms with Gasteiger partial charge >= 0.3 is 0 Å². The second-order valence-electron chi connectivity index (χ2n) is 4.66. The summed E-state index contributed by atoms with van der Waals surface area (Å²) in [5.41, 5.74) is 1.13. The van der Waals surface area contributed by atoms with Crippen LogP contribution in [0.4, 0.5) is 0 Å². The van der Waals surface area contributed by atoms with Crippen LogP contribution in [0.3, 0.4) is 0 Å². The minimum atomic E-state index is 0.368. The Morgan fingerprint density at radius 3 is 3.06 bits per heavy atom. The Bertz CT molecular complexity index is 334. The van der Waals surface area contributed by atoms with Gasteiger partial charge in [-0.15, -0.1) is 11.3 Å². The van der Waals surface area contributed by atoms with E-state index in [0.29, 0.717) is 12.1 Å². The Balaban J connectivity index is 1.95. The quantitative estimate of drug-likeness (QED) is 0.877. The fourth-order valence-electron chi connectivity index (χ4n) is 2.36. The van der Waals surface area contributed by atoms with Gasteiger partial charge in [0.1, 0.15) is 0 Å². The van der Waals surface area contributed by atoms with Gasteiger partial charge < -0.3 is 10.1 Å². The lowest BCUT2D eigenvalue weighted by atomic mass is 10.00. The summed E-state index contributed by atoms with van der Waals surface area (Å²) in [6.45, 7) is 6.13. The smallest absolute Gasteiger partial charge is 0.0944 e. The van der Waals surface area contributed by atoms with Crippen molar-refractivity contribution in [3.63, 3.8) is 0 Å². The standard InChI is InChI=1S/C13H22N2OS/c1-3-14-11(12-6-4-5-7-16-12)8-13-15-10(2)9-17-13/h9,11-12,14H,3-8H2,1-2H3. The van der Waals surface area contributed by atoms with Crippen LogP contribution in [0.15, 0.2) is 5.38 Å². The maximum absolute atomic E-state index is 5.89. The van der Waals surface area contributed by atoms with Crippen LogP contribution in [0, 0.1) is 6.92 Å². The van der Waals surface area contributed by atoms with E-state index in [2.05, 4.69) is 29.5 Å². The predicted molar refractivity (Wildman–Crippen MR) is 71.6 cm³/mol. The highest BCUT2D eigenvalue weighted by Gasteiger charge is 2.24. The van der Waals surface area contributed by atoms with Crippen molar-refractivity contribution in [2.24, 2.45) is 0 Å². The van der Waals surface area contributed by atoms with E-state index in [0.717, 1.165) is 25.3 Å². The average molecular weight is 254 g/mol. The number of aromatic nitrogens is 1. The van der Waals surface area contributed by atoms with E-state index in [-0.39, 0.29) is 0 Å². The second-order valence-corrected chi connectivity index (χ2v) is 5.60. The topological polar surface area (TPSA) is 34.2 Å². The molecule has 1 aromatic heterocycles. The highest BCUT2D eigenvalue weighted by atomic mass is 32.1. The van der Waals surface area contributed by atoms with Gasteiger partial charge in [0.2, 0.25) is 0 Å². The number of hydrogen-bond donors (Lipinski definition) is 1. The molecule has 0 radical (unpaired) electrons. The molecule has 1 saturated heterocycles. The summed E-state index contributed by atoms with van der Waals surface area (Å²) < 4.78 is 5.89. The molecule has 1 fully saturated rings. The molecule has 1 aliphatic rings. The zero-order chi connectivity index (χ0) is 12.1. The molecule has 4 heteroatoms. The van der Waals surface area contributed by atoms with Crippen molar-refractivity contribution in [2.75, 3.05) is 13.2 Å². The lowest BCUT2D eigenvalue weighted by molar-refractivity contribution is -0.00710. The molecule has 0 aromatic carbocycles. The van der Waals surface area contributed by atoms with E-state index in [1.807, 2.05) is 0 Å². The Hall–Kier alpha value is -0.450. The zero-order valence-corrected chi connectivity index (χ0v) is 11.6. The first-order chi connectivity index (χ1) is 8.29. The van der Waals surface area contributed by atoms with Crippen LogP contribution in [0.25, 0.3) is 0 Å².